The summed E-state index contributed by atoms with van der Waals surface area (Å²) in [4.78, 5) is 14.2. The number of hydrogen-bond acceptors (Lipinski definition) is 3. The number of hydrogen-bond donors (Lipinski definition) is 1. The number of nitrogens with zero attached hydrogens (tertiary/aromatic N) is 1. The lowest BCUT2D eigenvalue weighted by atomic mass is 10.3. The van der Waals surface area contributed by atoms with Gasteiger partial charge in [0.25, 0.3) is 0 Å². The highest BCUT2D eigenvalue weighted by atomic mass is 16.5. The van der Waals surface area contributed by atoms with Gasteiger partial charge < -0.3 is 9.84 Å². The smallest absolute Gasteiger partial charge is 0.337 e. The third-order valence-corrected chi connectivity index (χ3v) is 1.33. The van der Waals surface area contributed by atoms with Crippen molar-refractivity contribution in [1.82, 2.24) is 4.98 Å². The van der Waals surface area contributed by atoms with Crippen LogP contribution in [0.15, 0.2) is 31.0 Å². The second-order valence-electron chi connectivity index (χ2n) is 2.29. The van der Waals surface area contributed by atoms with E-state index in [2.05, 4.69) is 11.6 Å². The van der Waals surface area contributed by atoms with Gasteiger partial charge in [-0.05, 0) is 6.07 Å². The van der Waals surface area contributed by atoms with Crippen LogP contribution in [0.2, 0.25) is 0 Å². The standard InChI is InChI=1S/C9H9NO3/c1-2-5-13-8-4-3-7(6-10-8)9(11)12/h2-4,6H,1,5H2,(H,11,12). The predicted molar refractivity (Wildman–Crippen MR) is 46.9 cm³/mol. The molecule has 0 saturated carbocycles. The van der Waals surface area contributed by atoms with Gasteiger partial charge in [0.15, 0.2) is 0 Å². The van der Waals surface area contributed by atoms with Gasteiger partial charge in [0.05, 0.1) is 5.56 Å². The van der Waals surface area contributed by atoms with Crippen LogP contribution in [0, 0.1) is 0 Å². The van der Waals surface area contributed by atoms with E-state index in [-0.39, 0.29) is 5.56 Å². The molecule has 68 valence electrons. The van der Waals surface area contributed by atoms with Gasteiger partial charge >= 0.3 is 5.97 Å². The van der Waals surface area contributed by atoms with Crippen LogP contribution in [0.1, 0.15) is 10.4 Å². The molecule has 0 unspecified atom stereocenters. The third-order valence-electron chi connectivity index (χ3n) is 1.33. The van der Waals surface area contributed by atoms with Gasteiger partial charge in [-0.3, -0.25) is 0 Å². The summed E-state index contributed by atoms with van der Waals surface area (Å²) in [6, 6.07) is 2.95. The second-order valence-corrected chi connectivity index (χ2v) is 2.29. The summed E-state index contributed by atoms with van der Waals surface area (Å²) in [5.41, 5.74) is 0.144. The first-order valence-electron chi connectivity index (χ1n) is 3.67. The van der Waals surface area contributed by atoms with Gasteiger partial charge in [-0.2, -0.15) is 0 Å². The van der Waals surface area contributed by atoms with Crippen molar-refractivity contribution in [2.24, 2.45) is 0 Å². The molecular weight excluding hydrogens is 170 g/mol. The van der Waals surface area contributed by atoms with E-state index < -0.39 is 5.97 Å². The molecule has 0 bridgehead atoms. The van der Waals surface area contributed by atoms with Crippen molar-refractivity contribution in [3.05, 3.63) is 36.5 Å². The minimum atomic E-state index is -0.997. The van der Waals surface area contributed by atoms with Gasteiger partial charge in [-0.25, -0.2) is 9.78 Å². The average molecular weight is 179 g/mol. The number of rotatable bonds is 4. The van der Waals surface area contributed by atoms with Gasteiger partial charge in [0.1, 0.15) is 6.61 Å². The Labute approximate surface area is 75.5 Å². The van der Waals surface area contributed by atoms with Crippen LogP contribution in [0.3, 0.4) is 0 Å². The fraction of sp³-hybridized carbons (Fsp3) is 0.111. The zero-order valence-electron chi connectivity index (χ0n) is 6.93. The highest BCUT2D eigenvalue weighted by molar-refractivity contribution is 5.87. The normalized spacial score (nSPS) is 9.23. The number of pyridine rings is 1. The first kappa shape index (κ1) is 9.25. The Morgan fingerprint density at radius 3 is 2.92 bits per heavy atom. The maximum atomic E-state index is 10.4. The van der Waals surface area contributed by atoms with Crippen molar-refractivity contribution < 1.29 is 14.6 Å². The molecule has 0 aliphatic carbocycles. The van der Waals surface area contributed by atoms with Crippen molar-refractivity contribution in [3.8, 4) is 5.88 Å². The lowest BCUT2D eigenvalue weighted by molar-refractivity contribution is 0.0696. The van der Waals surface area contributed by atoms with Crippen molar-refractivity contribution in [1.29, 1.82) is 0 Å². The van der Waals surface area contributed by atoms with Crippen LogP contribution in [0.25, 0.3) is 0 Å². The predicted octanol–water partition coefficient (Wildman–Crippen LogP) is 1.34. The molecule has 0 fully saturated rings. The zero-order valence-corrected chi connectivity index (χ0v) is 6.93. The Kier molecular flexibility index (Phi) is 3.03. The van der Waals surface area contributed by atoms with Crippen molar-refractivity contribution in [2.75, 3.05) is 6.61 Å². The molecule has 0 amide bonds. The second kappa shape index (κ2) is 4.25. The lowest BCUT2D eigenvalue weighted by Crippen LogP contribution is -1.99. The summed E-state index contributed by atoms with van der Waals surface area (Å²) in [5.74, 6) is -0.604. The molecule has 1 heterocycles. The molecule has 1 N–H and O–H groups in total. The number of aromatic carboxylic acids is 1. The molecular formula is C9H9NO3. The van der Waals surface area contributed by atoms with Gasteiger partial charge in [0.2, 0.25) is 5.88 Å². The Morgan fingerprint density at radius 2 is 2.46 bits per heavy atom. The molecule has 0 aromatic carbocycles. The van der Waals surface area contributed by atoms with E-state index in [0.29, 0.717) is 12.5 Å². The molecule has 1 rings (SSSR count). The van der Waals surface area contributed by atoms with Crippen molar-refractivity contribution in [3.63, 3.8) is 0 Å². The monoisotopic (exact) mass is 179 g/mol. The number of carbonyl (C=O) groups is 1. The molecule has 0 aliphatic heterocycles. The first-order chi connectivity index (χ1) is 6.24. The van der Waals surface area contributed by atoms with E-state index in [1.54, 1.807) is 6.08 Å². The molecule has 0 aliphatic rings. The number of aromatic nitrogens is 1. The summed E-state index contributed by atoms with van der Waals surface area (Å²) in [6.45, 7) is 3.84. The SMILES string of the molecule is C=CCOc1ccc(C(=O)O)cn1. The Hall–Kier alpha value is -1.84. The quantitative estimate of drug-likeness (QED) is 0.708. The fourth-order valence-corrected chi connectivity index (χ4v) is 0.736. The van der Waals surface area contributed by atoms with Crippen LogP contribution in [-0.2, 0) is 0 Å². The Bertz CT molecular complexity index is 305. The highest BCUT2D eigenvalue weighted by Gasteiger charge is 2.02. The summed E-state index contributed by atoms with van der Waals surface area (Å²) in [7, 11) is 0. The van der Waals surface area contributed by atoms with Crippen molar-refractivity contribution in [2.45, 2.75) is 0 Å². The Morgan fingerprint density at radius 1 is 1.69 bits per heavy atom. The van der Waals surface area contributed by atoms with E-state index in [1.807, 2.05) is 0 Å². The molecule has 4 heteroatoms. The zero-order chi connectivity index (χ0) is 9.68. The van der Waals surface area contributed by atoms with Crippen molar-refractivity contribution >= 4 is 5.97 Å². The maximum absolute atomic E-state index is 10.4. The molecule has 0 radical (unpaired) electrons. The number of carboxylic acid groups (broad SMARTS) is 1. The summed E-state index contributed by atoms with van der Waals surface area (Å²) in [5, 5.41) is 8.55. The molecule has 1 aromatic rings. The van der Waals surface area contributed by atoms with E-state index >= 15 is 0 Å². The minimum Gasteiger partial charge on any atom is -0.478 e. The maximum Gasteiger partial charge on any atom is 0.337 e. The van der Waals surface area contributed by atoms with Crippen LogP contribution in [-0.4, -0.2) is 22.7 Å². The van der Waals surface area contributed by atoms with Crippen LogP contribution in [0.5, 0.6) is 5.88 Å². The molecule has 0 spiro atoms. The van der Waals surface area contributed by atoms with Gasteiger partial charge in [-0.1, -0.05) is 12.7 Å². The van der Waals surface area contributed by atoms with E-state index in [1.165, 1.54) is 18.3 Å². The lowest BCUT2D eigenvalue weighted by Gasteiger charge is -2.00. The third kappa shape index (κ3) is 2.59. The molecule has 1 aromatic heterocycles. The topological polar surface area (TPSA) is 59.4 Å². The number of carboxylic acids is 1. The summed E-state index contributed by atoms with van der Waals surface area (Å²) in [6.07, 6.45) is 2.84. The van der Waals surface area contributed by atoms with Crippen LogP contribution < -0.4 is 4.74 Å². The summed E-state index contributed by atoms with van der Waals surface area (Å²) < 4.78 is 5.07. The number of ether oxygens (including phenoxy) is 1. The Balaban J connectivity index is 2.69. The van der Waals surface area contributed by atoms with E-state index in [0.717, 1.165) is 0 Å². The average Bonchev–Trinajstić information content (AvgIpc) is 2.15. The molecule has 13 heavy (non-hydrogen) atoms. The highest BCUT2D eigenvalue weighted by Crippen LogP contribution is 2.07. The largest absolute Gasteiger partial charge is 0.478 e. The van der Waals surface area contributed by atoms with Gasteiger partial charge in [0, 0.05) is 12.3 Å². The fourth-order valence-electron chi connectivity index (χ4n) is 0.736. The molecule has 0 atom stereocenters. The van der Waals surface area contributed by atoms with E-state index in [4.69, 9.17) is 9.84 Å². The van der Waals surface area contributed by atoms with Crippen LogP contribution in [0.4, 0.5) is 0 Å². The van der Waals surface area contributed by atoms with Gasteiger partial charge in [-0.15, -0.1) is 0 Å². The van der Waals surface area contributed by atoms with E-state index in [9.17, 15) is 4.79 Å². The molecule has 4 nitrogen and oxygen atoms in total. The van der Waals surface area contributed by atoms with Crippen LogP contribution >= 0.6 is 0 Å². The first-order valence-corrected chi connectivity index (χ1v) is 3.67. The molecule has 0 saturated heterocycles. The minimum absolute atomic E-state index is 0.144. The summed E-state index contributed by atoms with van der Waals surface area (Å²) >= 11 is 0.